The molecular formula is C15H19NO3. The van der Waals surface area contributed by atoms with Crippen molar-refractivity contribution in [3.8, 4) is 11.5 Å². The monoisotopic (exact) mass is 261 g/mol. The zero-order valence-corrected chi connectivity index (χ0v) is 11.0. The molecule has 0 amide bonds. The second-order valence-corrected chi connectivity index (χ2v) is 5.79. The molecule has 1 unspecified atom stereocenters. The molecule has 0 aromatic heterocycles. The summed E-state index contributed by atoms with van der Waals surface area (Å²) >= 11 is 0. The predicted octanol–water partition coefficient (Wildman–Crippen LogP) is 2.93. The molecule has 3 aliphatic rings. The first-order valence-electron chi connectivity index (χ1n) is 7.13. The highest BCUT2D eigenvalue weighted by atomic mass is 16.7. The maximum absolute atomic E-state index is 5.96. The Labute approximate surface area is 113 Å². The maximum atomic E-state index is 5.96. The van der Waals surface area contributed by atoms with Gasteiger partial charge in [-0.1, -0.05) is 0 Å². The van der Waals surface area contributed by atoms with Crippen molar-refractivity contribution in [1.29, 1.82) is 0 Å². The van der Waals surface area contributed by atoms with Crippen LogP contribution in [0.15, 0.2) is 18.2 Å². The van der Waals surface area contributed by atoms with Crippen LogP contribution in [0.1, 0.15) is 32.1 Å². The molecule has 4 heteroatoms. The van der Waals surface area contributed by atoms with Crippen LogP contribution < -0.4 is 14.8 Å². The number of anilines is 1. The molecule has 1 saturated heterocycles. The van der Waals surface area contributed by atoms with Gasteiger partial charge in [0.15, 0.2) is 11.5 Å². The standard InChI is InChI=1S/C15H19NO3/c1-5-15(6-1)9-12(4-7-19-15)16-11-2-3-13-14(8-11)18-10-17-13/h2-3,8,12,16H,1,4-7,9-10H2. The van der Waals surface area contributed by atoms with E-state index in [1.54, 1.807) is 0 Å². The van der Waals surface area contributed by atoms with Gasteiger partial charge in [-0.05, 0) is 44.2 Å². The Morgan fingerprint density at radius 2 is 2.05 bits per heavy atom. The summed E-state index contributed by atoms with van der Waals surface area (Å²) in [5, 5.41) is 3.62. The van der Waals surface area contributed by atoms with Crippen molar-refractivity contribution in [2.45, 2.75) is 43.7 Å². The van der Waals surface area contributed by atoms with Crippen molar-refractivity contribution < 1.29 is 14.2 Å². The van der Waals surface area contributed by atoms with Gasteiger partial charge in [0.05, 0.1) is 5.60 Å². The predicted molar refractivity (Wildman–Crippen MR) is 71.7 cm³/mol. The van der Waals surface area contributed by atoms with E-state index in [-0.39, 0.29) is 5.60 Å². The summed E-state index contributed by atoms with van der Waals surface area (Å²) in [7, 11) is 0. The summed E-state index contributed by atoms with van der Waals surface area (Å²) in [6, 6.07) is 6.58. The summed E-state index contributed by atoms with van der Waals surface area (Å²) in [5.41, 5.74) is 1.30. The van der Waals surface area contributed by atoms with Crippen LogP contribution in [-0.2, 0) is 4.74 Å². The lowest BCUT2D eigenvalue weighted by Gasteiger charge is -2.47. The van der Waals surface area contributed by atoms with Crippen LogP contribution in [0, 0.1) is 0 Å². The molecule has 1 spiro atoms. The number of hydrogen-bond donors (Lipinski definition) is 1. The summed E-state index contributed by atoms with van der Waals surface area (Å²) in [6.07, 6.45) is 5.98. The average Bonchev–Trinajstić information content (AvgIpc) is 2.85. The largest absolute Gasteiger partial charge is 0.454 e. The quantitative estimate of drug-likeness (QED) is 0.888. The van der Waals surface area contributed by atoms with Gasteiger partial charge in [0.2, 0.25) is 6.79 Å². The third-order valence-corrected chi connectivity index (χ3v) is 4.50. The van der Waals surface area contributed by atoms with Crippen LogP contribution in [0.4, 0.5) is 5.69 Å². The van der Waals surface area contributed by atoms with E-state index in [1.165, 1.54) is 19.3 Å². The van der Waals surface area contributed by atoms with Crippen molar-refractivity contribution in [2.75, 3.05) is 18.7 Å². The van der Waals surface area contributed by atoms with Crippen molar-refractivity contribution in [3.05, 3.63) is 18.2 Å². The molecule has 102 valence electrons. The minimum Gasteiger partial charge on any atom is -0.454 e. The second kappa shape index (κ2) is 4.30. The molecule has 2 aliphatic heterocycles. The molecule has 4 rings (SSSR count). The van der Waals surface area contributed by atoms with E-state index in [9.17, 15) is 0 Å². The molecule has 4 nitrogen and oxygen atoms in total. The number of fused-ring (bicyclic) bond motifs is 1. The normalized spacial score (nSPS) is 27.1. The van der Waals surface area contributed by atoms with Gasteiger partial charge in [0, 0.05) is 24.4 Å². The highest BCUT2D eigenvalue weighted by Gasteiger charge is 2.42. The Bertz CT molecular complexity index is 484. The van der Waals surface area contributed by atoms with Crippen LogP contribution in [0.2, 0.25) is 0 Å². The molecule has 2 heterocycles. The number of ether oxygens (including phenoxy) is 3. The Morgan fingerprint density at radius 1 is 1.16 bits per heavy atom. The van der Waals surface area contributed by atoms with Gasteiger partial charge in [-0.15, -0.1) is 0 Å². The van der Waals surface area contributed by atoms with E-state index >= 15 is 0 Å². The highest BCUT2D eigenvalue weighted by Crippen LogP contribution is 2.43. The molecular weight excluding hydrogens is 242 g/mol. The van der Waals surface area contributed by atoms with Crippen LogP contribution in [0.3, 0.4) is 0 Å². The smallest absolute Gasteiger partial charge is 0.231 e. The first-order chi connectivity index (χ1) is 9.33. The molecule has 1 aromatic carbocycles. The van der Waals surface area contributed by atoms with Crippen molar-refractivity contribution in [3.63, 3.8) is 0 Å². The molecule has 2 fully saturated rings. The Hall–Kier alpha value is -1.42. The van der Waals surface area contributed by atoms with Crippen LogP contribution in [0.5, 0.6) is 11.5 Å². The van der Waals surface area contributed by atoms with Gasteiger partial charge in [-0.25, -0.2) is 0 Å². The number of nitrogens with one attached hydrogen (secondary N) is 1. The molecule has 0 bridgehead atoms. The molecule has 19 heavy (non-hydrogen) atoms. The fourth-order valence-corrected chi connectivity index (χ4v) is 3.29. The zero-order chi connectivity index (χ0) is 12.7. The van der Waals surface area contributed by atoms with Crippen LogP contribution in [0.25, 0.3) is 0 Å². The van der Waals surface area contributed by atoms with E-state index in [2.05, 4.69) is 11.4 Å². The highest BCUT2D eigenvalue weighted by molar-refractivity contribution is 5.56. The van der Waals surface area contributed by atoms with Gasteiger partial charge in [-0.3, -0.25) is 0 Å². The van der Waals surface area contributed by atoms with Gasteiger partial charge in [0.1, 0.15) is 0 Å². The molecule has 0 radical (unpaired) electrons. The van der Waals surface area contributed by atoms with E-state index in [1.807, 2.05) is 12.1 Å². The lowest BCUT2D eigenvalue weighted by Crippen LogP contribution is -2.48. The number of hydrogen-bond acceptors (Lipinski definition) is 4. The third-order valence-electron chi connectivity index (χ3n) is 4.50. The fourth-order valence-electron chi connectivity index (χ4n) is 3.29. The van der Waals surface area contributed by atoms with Gasteiger partial charge >= 0.3 is 0 Å². The molecule has 1 N–H and O–H groups in total. The molecule has 1 aromatic rings. The summed E-state index contributed by atoms with van der Waals surface area (Å²) in [5.74, 6) is 1.68. The lowest BCUT2D eigenvalue weighted by molar-refractivity contribution is -0.130. The fraction of sp³-hybridized carbons (Fsp3) is 0.600. The number of rotatable bonds is 2. The van der Waals surface area contributed by atoms with E-state index in [4.69, 9.17) is 14.2 Å². The Kier molecular flexibility index (Phi) is 2.58. The third kappa shape index (κ3) is 2.04. The van der Waals surface area contributed by atoms with Crippen LogP contribution in [-0.4, -0.2) is 25.0 Å². The van der Waals surface area contributed by atoms with Crippen LogP contribution >= 0.6 is 0 Å². The summed E-state index contributed by atoms with van der Waals surface area (Å²) < 4.78 is 16.7. The minimum absolute atomic E-state index is 0.187. The van der Waals surface area contributed by atoms with Crippen molar-refractivity contribution in [2.24, 2.45) is 0 Å². The first-order valence-corrected chi connectivity index (χ1v) is 7.13. The first kappa shape index (κ1) is 11.4. The summed E-state index contributed by atoms with van der Waals surface area (Å²) in [6.45, 7) is 1.21. The van der Waals surface area contributed by atoms with E-state index in [0.717, 1.165) is 36.6 Å². The topological polar surface area (TPSA) is 39.7 Å². The van der Waals surface area contributed by atoms with Gasteiger partial charge < -0.3 is 19.5 Å². The van der Waals surface area contributed by atoms with E-state index in [0.29, 0.717) is 12.8 Å². The maximum Gasteiger partial charge on any atom is 0.231 e. The minimum atomic E-state index is 0.187. The van der Waals surface area contributed by atoms with Crippen molar-refractivity contribution >= 4 is 5.69 Å². The van der Waals surface area contributed by atoms with Gasteiger partial charge in [-0.2, -0.15) is 0 Å². The Balaban J connectivity index is 1.46. The number of benzene rings is 1. The molecule has 1 atom stereocenters. The lowest BCUT2D eigenvalue weighted by atomic mass is 9.74. The second-order valence-electron chi connectivity index (χ2n) is 5.79. The molecule has 1 saturated carbocycles. The zero-order valence-electron chi connectivity index (χ0n) is 11.0. The van der Waals surface area contributed by atoms with Gasteiger partial charge in [0.25, 0.3) is 0 Å². The van der Waals surface area contributed by atoms with Crippen molar-refractivity contribution in [1.82, 2.24) is 0 Å². The SMILES string of the molecule is c1cc2c(cc1NC1CCOC3(CCC3)C1)OCO2. The molecule has 1 aliphatic carbocycles. The Morgan fingerprint density at radius 3 is 2.89 bits per heavy atom. The average molecular weight is 261 g/mol. The summed E-state index contributed by atoms with van der Waals surface area (Å²) in [4.78, 5) is 0. The van der Waals surface area contributed by atoms with E-state index < -0.39 is 0 Å².